The first-order valence-corrected chi connectivity index (χ1v) is 12.8. The molecule has 0 saturated carbocycles. The van der Waals surface area contributed by atoms with Crippen molar-refractivity contribution in [3.63, 3.8) is 0 Å². The van der Waals surface area contributed by atoms with E-state index in [0.29, 0.717) is 60.9 Å². The van der Waals surface area contributed by atoms with Crippen molar-refractivity contribution < 1.29 is 28.8 Å². The number of aromatic amines is 1. The predicted molar refractivity (Wildman–Crippen MR) is 147 cm³/mol. The fraction of sp³-hybridized carbons (Fsp3) is 0.267. The van der Waals surface area contributed by atoms with Crippen molar-refractivity contribution in [1.82, 2.24) is 4.98 Å². The number of rotatable bonds is 12. The molecule has 0 aliphatic carbocycles. The zero-order valence-corrected chi connectivity index (χ0v) is 21.4. The summed E-state index contributed by atoms with van der Waals surface area (Å²) in [6.07, 6.45) is -0.545. The lowest BCUT2D eigenvalue weighted by molar-refractivity contribution is 0.0304. The molecule has 1 amide bonds. The molecule has 5 rings (SSSR count). The fourth-order valence-corrected chi connectivity index (χ4v) is 4.46. The smallest absolute Gasteiger partial charge is 0.414 e. The van der Waals surface area contributed by atoms with E-state index in [1.807, 2.05) is 60.7 Å². The van der Waals surface area contributed by atoms with Crippen LogP contribution in [0.3, 0.4) is 0 Å². The number of cyclic esters (lactones) is 1. The summed E-state index contributed by atoms with van der Waals surface area (Å²) in [5.74, 6) is 0.624. The molecule has 4 aromatic rings. The lowest BCUT2D eigenvalue weighted by Crippen LogP contribution is -2.36. The van der Waals surface area contributed by atoms with E-state index in [-0.39, 0.29) is 18.8 Å². The van der Waals surface area contributed by atoms with Gasteiger partial charge in [0.15, 0.2) is 0 Å². The van der Waals surface area contributed by atoms with Crippen molar-refractivity contribution in [2.24, 2.45) is 0 Å². The first-order chi connectivity index (χ1) is 19.1. The number of ether oxygens (including phenoxy) is 4. The van der Waals surface area contributed by atoms with Crippen LogP contribution in [-0.2, 0) is 20.8 Å². The topological polar surface area (TPSA) is 110 Å². The lowest BCUT2D eigenvalue weighted by atomic mass is 10.1. The Balaban J connectivity index is 1.20. The van der Waals surface area contributed by atoms with Gasteiger partial charge in [-0.3, -0.25) is 9.69 Å². The highest BCUT2D eigenvalue weighted by Crippen LogP contribution is 2.31. The van der Waals surface area contributed by atoms with E-state index in [4.69, 9.17) is 18.9 Å². The van der Waals surface area contributed by atoms with Crippen LogP contribution in [0.15, 0.2) is 83.7 Å². The highest BCUT2D eigenvalue weighted by molar-refractivity contribution is 5.95. The van der Waals surface area contributed by atoms with Crippen molar-refractivity contribution in [2.75, 3.05) is 44.5 Å². The number of hydrogen-bond acceptors (Lipinski definition) is 7. The molecule has 0 bridgehead atoms. The number of anilines is 1. The second-order valence-corrected chi connectivity index (χ2v) is 9.06. The first-order valence-electron chi connectivity index (χ1n) is 12.8. The Morgan fingerprint density at radius 2 is 1.67 bits per heavy atom. The molecule has 39 heavy (non-hydrogen) atoms. The van der Waals surface area contributed by atoms with Gasteiger partial charge in [-0.1, -0.05) is 48.5 Å². The number of aliphatic hydroxyl groups excluding tert-OH is 1. The lowest BCUT2D eigenvalue weighted by Gasteiger charge is -2.20. The molecule has 1 atom stereocenters. The number of H-pyrrole nitrogens is 1. The van der Waals surface area contributed by atoms with E-state index in [2.05, 4.69) is 4.98 Å². The molecular weight excluding hydrogens is 500 g/mol. The normalized spacial score (nSPS) is 15.1. The Hall–Kier alpha value is -4.18. The van der Waals surface area contributed by atoms with Crippen LogP contribution in [-0.4, -0.2) is 61.9 Å². The molecule has 9 nitrogen and oxygen atoms in total. The Labute approximate surface area is 225 Å². The Morgan fingerprint density at radius 3 is 2.51 bits per heavy atom. The van der Waals surface area contributed by atoms with Crippen molar-refractivity contribution in [3.05, 3.63) is 94.8 Å². The third-order valence-electron chi connectivity index (χ3n) is 6.43. The standard InChI is InChI=1S/C30H30N2O7/c33-18-24-20-39-30(35)32(24)23-11-10-22-16-27(31-29(34)26(22)17-23)25-8-4-5-9-28(25)38-15-14-36-12-13-37-19-21-6-2-1-3-7-21/h1-11,16-17,24,33H,12-15,18-20H2,(H,31,34)/t24-/m1/s1. The number of para-hydroxylation sites is 1. The van der Waals surface area contributed by atoms with Crippen LogP contribution in [0.2, 0.25) is 0 Å². The molecular formula is C30H30N2O7. The number of pyridine rings is 1. The van der Waals surface area contributed by atoms with Crippen LogP contribution >= 0.6 is 0 Å². The van der Waals surface area contributed by atoms with Gasteiger partial charge in [-0.2, -0.15) is 0 Å². The molecule has 3 aromatic carbocycles. The van der Waals surface area contributed by atoms with Crippen molar-refractivity contribution in [3.8, 4) is 17.0 Å². The van der Waals surface area contributed by atoms with Crippen LogP contribution in [0, 0.1) is 0 Å². The molecule has 0 unspecified atom stereocenters. The van der Waals surface area contributed by atoms with Gasteiger partial charge in [-0.25, -0.2) is 4.79 Å². The largest absolute Gasteiger partial charge is 0.490 e. The van der Waals surface area contributed by atoms with Crippen LogP contribution < -0.4 is 15.2 Å². The summed E-state index contributed by atoms with van der Waals surface area (Å²) in [4.78, 5) is 29.5. The van der Waals surface area contributed by atoms with Crippen LogP contribution in [0.1, 0.15) is 5.56 Å². The van der Waals surface area contributed by atoms with Gasteiger partial charge in [0.2, 0.25) is 0 Å². The van der Waals surface area contributed by atoms with Crippen LogP contribution in [0.5, 0.6) is 5.75 Å². The number of aliphatic hydroxyl groups is 1. The first kappa shape index (κ1) is 26.4. The zero-order chi connectivity index (χ0) is 27.0. The summed E-state index contributed by atoms with van der Waals surface area (Å²) in [7, 11) is 0. The van der Waals surface area contributed by atoms with E-state index in [1.165, 1.54) is 4.90 Å². The van der Waals surface area contributed by atoms with Gasteiger partial charge in [0.1, 0.15) is 19.0 Å². The number of carbonyl (C=O) groups excluding carboxylic acids is 1. The van der Waals surface area contributed by atoms with E-state index >= 15 is 0 Å². The highest BCUT2D eigenvalue weighted by atomic mass is 16.6. The second-order valence-electron chi connectivity index (χ2n) is 9.06. The van der Waals surface area contributed by atoms with Gasteiger partial charge in [0.25, 0.3) is 5.56 Å². The maximum Gasteiger partial charge on any atom is 0.414 e. The number of aromatic nitrogens is 1. The molecule has 1 aliphatic rings. The van der Waals surface area contributed by atoms with Crippen molar-refractivity contribution in [2.45, 2.75) is 12.6 Å². The van der Waals surface area contributed by atoms with Crippen LogP contribution in [0.25, 0.3) is 22.0 Å². The predicted octanol–water partition coefficient (Wildman–Crippen LogP) is 4.12. The average Bonchev–Trinajstić information content (AvgIpc) is 3.35. The minimum absolute atomic E-state index is 0.104. The Morgan fingerprint density at radius 1 is 0.897 bits per heavy atom. The van der Waals surface area contributed by atoms with E-state index in [1.54, 1.807) is 18.2 Å². The second kappa shape index (κ2) is 12.6. The molecule has 9 heteroatoms. The monoisotopic (exact) mass is 530 g/mol. The average molecular weight is 531 g/mol. The molecule has 2 N–H and O–H groups in total. The van der Waals surface area contributed by atoms with Gasteiger partial charge in [0, 0.05) is 16.6 Å². The third kappa shape index (κ3) is 6.28. The number of benzene rings is 3. The number of nitrogens with one attached hydrogen (secondary N) is 1. The van der Waals surface area contributed by atoms with Gasteiger partial charge >= 0.3 is 6.09 Å². The summed E-state index contributed by atoms with van der Waals surface area (Å²) in [6.45, 7) is 2.11. The molecule has 1 aromatic heterocycles. The summed E-state index contributed by atoms with van der Waals surface area (Å²) in [6, 6.07) is 24.0. The highest BCUT2D eigenvalue weighted by Gasteiger charge is 2.33. The maximum atomic E-state index is 13.0. The Kier molecular flexibility index (Phi) is 8.52. The molecule has 1 aliphatic heterocycles. The van der Waals surface area contributed by atoms with Gasteiger partial charge in [-0.15, -0.1) is 0 Å². The van der Waals surface area contributed by atoms with E-state index in [9.17, 15) is 14.7 Å². The SMILES string of the molecule is O=C1OC[C@@H](CO)N1c1ccc2cc(-c3ccccc3OCCOCCOCc3ccccc3)[nH]c(=O)c2c1. The Bertz CT molecular complexity index is 1470. The molecule has 1 saturated heterocycles. The molecule has 1 fully saturated rings. The molecule has 0 spiro atoms. The molecule has 0 radical (unpaired) electrons. The molecule has 202 valence electrons. The fourth-order valence-electron chi connectivity index (χ4n) is 4.46. The third-order valence-corrected chi connectivity index (χ3v) is 6.43. The maximum absolute atomic E-state index is 13.0. The van der Waals surface area contributed by atoms with Crippen LogP contribution in [0.4, 0.5) is 10.5 Å². The zero-order valence-electron chi connectivity index (χ0n) is 21.4. The number of hydrogen-bond donors (Lipinski definition) is 2. The number of fused-ring (bicyclic) bond motifs is 1. The van der Waals surface area contributed by atoms with Gasteiger partial charge < -0.3 is 29.0 Å². The minimum Gasteiger partial charge on any atom is -0.490 e. The summed E-state index contributed by atoms with van der Waals surface area (Å²) >= 11 is 0. The quantitative estimate of drug-likeness (QED) is 0.265. The van der Waals surface area contributed by atoms with E-state index < -0.39 is 12.1 Å². The summed E-state index contributed by atoms with van der Waals surface area (Å²) in [5.41, 5.74) is 2.67. The number of nitrogens with zero attached hydrogens (tertiary/aromatic N) is 1. The van der Waals surface area contributed by atoms with Crippen molar-refractivity contribution >= 4 is 22.6 Å². The van der Waals surface area contributed by atoms with Gasteiger partial charge in [-0.05, 0) is 41.3 Å². The van der Waals surface area contributed by atoms with Gasteiger partial charge in [0.05, 0.1) is 44.8 Å². The van der Waals surface area contributed by atoms with E-state index in [0.717, 1.165) is 11.1 Å². The summed E-state index contributed by atoms with van der Waals surface area (Å²) in [5, 5.41) is 10.7. The number of amides is 1. The minimum atomic E-state index is -0.545. The summed E-state index contributed by atoms with van der Waals surface area (Å²) < 4.78 is 22.3. The molecule has 2 heterocycles. The van der Waals surface area contributed by atoms with Crippen molar-refractivity contribution in [1.29, 1.82) is 0 Å². The number of carbonyl (C=O) groups is 1.